The lowest BCUT2D eigenvalue weighted by Crippen LogP contribution is -1.94. The Morgan fingerprint density at radius 3 is 2.57 bits per heavy atom. The molecule has 0 aromatic heterocycles. The second-order valence-corrected chi connectivity index (χ2v) is 4.02. The van der Waals surface area contributed by atoms with Gasteiger partial charge in [-0.3, -0.25) is 0 Å². The highest BCUT2D eigenvalue weighted by Gasteiger charge is 2.17. The second-order valence-electron chi connectivity index (χ2n) is 3.11. The SMILES string of the molecule is O=C1OCC/C1=C\c1ccc(Br)cc1. The van der Waals surface area contributed by atoms with Crippen molar-refractivity contribution in [2.45, 2.75) is 6.42 Å². The number of carbonyl (C=O) groups is 1. The minimum atomic E-state index is -0.187. The maximum atomic E-state index is 11.1. The third-order valence-corrected chi connectivity index (χ3v) is 2.61. The van der Waals surface area contributed by atoms with E-state index in [0.717, 1.165) is 22.0 Å². The normalized spacial score (nSPS) is 18.6. The van der Waals surface area contributed by atoms with Crippen molar-refractivity contribution in [1.82, 2.24) is 0 Å². The Labute approximate surface area is 90.7 Å². The van der Waals surface area contributed by atoms with E-state index in [1.807, 2.05) is 30.3 Å². The van der Waals surface area contributed by atoms with Gasteiger partial charge in [-0.15, -0.1) is 0 Å². The van der Waals surface area contributed by atoms with Gasteiger partial charge in [-0.1, -0.05) is 28.1 Å². The van der Waals surface area contributed by atoms with Crippen LogP contribution in [0, 0.1) is 0 Å². The molecule has 2 rings (SSSR count). The number of rotatable bonds is 1. The first-order valence-corrected chi connectivity index (χ1v) is 5.18. The molecule has 14 heavy (non-hydrogen) atoms. The maximum absolute atomic E-state index is 11.1. The molecule has 0 aliphatic carbocycles. The zero-order valence-electron chi connectivity index (χ0n) is 7.50. The number of carbonyl (C=O) groups excluding carboxylic acids is 1. The van der Waals surface area contributed by atoms with E-state index in [1.54, 1.807) is 0 Å². The summed E-state index contributed by atoms with van der Waals surface area (Å²) in [6.07, 6.45) is 2.59. The molecular weight excluding hydrogens is 244 g/mol. The summed E-state index contributed by atoms with van der Waals surface area (Å²) in [5.74, 6) is -0.187. The van der Waals surface area contributed by atoms with E-state index in [0.29, 0.717) is 6.61 Å². The van der Waals surface area contributed by atoms with E-state index in [2.05, 4.69) is 15.9 Å². The van der Waals surface area contributed by atoms with Crippen molar-refractivity contribution >= 4 is 28.0 Å². The van der Waals surface area contributed by atoms with Gasteiger partial charge < -0.3 is 4.74 Å². The Bertz CT molecular complexity index is 379. The number of hydrogen-bond acceptors (Lipinski definition) is 2. The molecule has 1 aliphatic heterocycles. The van der Waals surface area contributed by atoms with Gasteiger partial charge >= 0.3 is 5.97 Å². The van der Waals surface area contributed by atoms with Gasteiger partial charge in [0.2, 0.25) is 0 Å². The average molecular weight is 253 g/mol. The fourth-order valence-corrected chi connectivity index (χ4v) is 1.60. The number of halogens is 1. The van der Waals surface area contributed by atoms with Gasteiger partial charge in [0.15, 0.2) is 0 Å². The first-order chi connectivity index (χ1) is 6.75. The molecule has 2 nitrogen and oxygen atoms in total. The zero-order valence-corrected chi connectivity index (χ0v) is 9.08. The van der Waals surface area contributed by atoms with Gasteiger partial charge in [0.05, 0.1) is 6.61 Å². The average Bonchev–Trinajstić information content (AvgIpc) is 2.56. The highest BCUT2D eigenvalue weighted by Crippen LogP contribution is 2.18. The first-order valence-electron chi connectivity index (χ1n) is 4.39. The Hall–Kier alpha value is -1.09. The Morgan fingerprint density at radius 1 is 1.29 bits per heavy atom. The third kappa shape index (κ3) is 2.04. The van der Waals surface area contributed by atoms with E-state index in [4.69, 9.17) is 4.74 Å². The molecule has 1 fully saturated rings. The lowest BCUT2D eigenvalue weighted by atomic mass is 10.1. The van der Waals surface area contributed by atoms with Gasteiger partial charge in [0.25, 0.3) is 0 Å². The van der Waals surface area contributed by atoms with Crippen molar-refractivity contribution in [3.05, 3.63) is 39.9 Å². The summed E-state index contributed by atoms with van der Waals surface area (Å²) in [4.78, 5) is 11.1. The van der Waals surface area contributed by atoms with Crippen LogP contribution in [0.3, 0.4) is 0 Å². The molecule has 3 heteroatoms. The molecule has 0 atom stereocenters. The lowest BCUT2D eigenvalue weighted by molar-refractivity contribution is -0.134. The summed E-state index contributed by atoms with van der Waals surface area (Å²) >= 11 is 3.36. The molecule has 0 saturated carbocycles. The van der Waals surface area contributed by atoms with Crippen molar-refractivity contribution in [2.24, 2.45) is 0 Å². The molecule has 0 radical (unpaired) electrons. The molecule has 0 N–H and O–H groups in total. The van der Waals surface area contributed by atoms with E-state index in [-0.39, 0.29) is 5.97 Å². The second kappa shape index (κ2) is 3.96. The standard InChI is InChI=1S/C11H9BrO2/c12-10-3-1-8(2-4-10)7-9-5-6-14-11(9)13/h1-4,7H,5-6H2/b9-7+. The van der Waals surface area contributed by atoms with Crippen LogP contribution in [0.2, 0.25) is 0 Å². The summed E-state index contributed by atoms with van der Waals surface area (Å²) in [7, 11) is 0. The fourth-order valence-electron chi connectivity index (χ4n) is 1.34. The number of esters is 1. The summed E-state index contributed by atoms with van der Waals surface area (Å²) in [5.41, 5.74) is 1.79. The summed E-state index contributed by atoms with van der Waals surface area (Å²) < 4.78 is 5.88. The third-order valence-electron chi connectivity index (χ3n) is 2.08. The van der Waals surface area contributed by atoms with Crippen LogP contribution in [-0.2, 0) is 9.53 Å². The summed E-state index contributed by atoms with van der Waals surface area (Å²) in [6.45, 7) is 0.515. The minimum absolute atomic E-state index is 0.187. The van der Waals surface area contributed by atoms with E-state index >= 15 is 0 Å². The lowest BCUT2D eigenvalue weighted by Gasteiger charge is -1.95. The van der Waals surface area contributed by atoms with Gasteiger partial charge in [-0.25, -0.2) is 4.79 Å². The molecule has 1 saturated heterocycles. The number of ether oxygens (including phenoxy) is 1. The molecule has 0 spiro atoms. The molecule has 1 aromatic carbocycles. The van der Waals surface area contributed by atoms with Crippen LogP contribution in [0.5, 0.6) is 0 Å². The summed E-state index contributed by atoms with van der Waals surface area (Å²) in [5, 5.41) is 0. The van der Waals surface area contributed by atoms with Gasteiger partial charge in [0.1, 0.15) is 0 Å². The van der Waals surface area contributed by atoms with Crippen LogP contribution in [0.1, 0.15) is 12.0 Å². The first kappa shape index (κ1) is 9.46. The molecule has 1 aliphatic rings. The van der Waals surface area contributed by atoms with Crippen LogP contribution in [0.15, 0.2) is 34.3 Å². The van der Waals surface area contributed by atoms with Crippen LogP contribution in [-0.4, -0.2) is 12.6 Å². The molecule has 0 bridgehead atoms. The Balaban J connectivity index is 2.24. The molecule has 72 valence electrons. The quantitative estimate of drug-likeness (QED) is 0.568. The van der Waals surface area contributed by atoms with Crippen molar-refractivity contribution in [1.29, 1.82) is 0 Å². The van der Waals surface area contributed by atoms with Crippen LogP contribution >= 0.6 is 15.9 Å². The van der Waals surface area contributed by atoms with E-state index in [9.17, 15) is 4.79 Å². The predicted molar refractivity (Wildman–Crippen MR) is 57.7 cm³/mol. The molecule has 1 aromatic rings. The smallest absolute Gasteiger partial charge is 0.334 e. The van der Waals surface area contributed by atoms with E-state index in [1.165, 1.54) is 0 Å². The maximum Gasteiger partial charge on any atom is 0.334 e. The summed E-state index contributed by atoms with van der Waals surface area (Å²) in [6, 6.07) is 7.82. The molecule has 1 heterocycles. The van der Waals surface area contributed by atoms with Crippen molar-refractivity contribution in [3.8, 4) is 0 Å². The van der Waals surface area contributed by atoms with Crippen LogP contribution < -0.4 is 0 Å². The number of hydrogen-bond donors (Lipinski definition) is 0. The largest absolute Gasteiger partial charge is 0.462 e. The number of cyclic esters (lactones) is 1. The number of benzene rings is 1. The Kier molecular flexibility index (Phi) is 2.68. The van der Waals surface area contributed by atoms with Gasteiger partial charge in [-0.05, 0) is 23.8 Å². The minimum Gasteiger partial charge on any atom is -0.462 e. The zero-order chi connectivity index (χ0) is 9.97. The topological polar surface area (TPSA) is 26.3 Å². The van der Waals surface area contributed by atoms with Crippen molar-refractivity contribution in [2.75, 3.05) is 6.61 Å². The van der Waals surface area contributed by atoms with Crippen molar-refractivity contribution in [3.63, 3.8) is 0 Å². The van der Waals surface area contributed by atoms with Crippen LogP contribution in [0.4, 0.5) is 0 Å². The fraction of sp³-hybridized carbons (Fsp3) is 0.182. The van der Waals surface area contributed by atoms with E-state index < -0.39 is 0 Å². The monoisotopic (exact) mass is 252 g/mol. The Morgan fingerprint density at radius 2 is 2.00 bits per heavy atom. The van der Waals surface area contributed by atoms with Crippen LogP contribution in [0.25, 0.3) is 6.08 Å². The van der Waals surface area contributed by atoms with Gasteiger partial charge in [0, 0.05) is 16.5 Å². The highest BCUT2D eigenvalue weighted by molar-refractivity contribution is 9.10. The highest BCUT2D eigenvalue weighted by atomic mass is 79.9. The van der Waals surface area contributed by atoms with Crippen molar-refractivity contribution < 1.29 is 9.53 Å². The molecule has 0 amide bonds. The molecular formula is C11H9BrO2. The molecule has 0 unspecified atom stereocenters. The van der Waals surface area contributed by atoms with Gasteiger partial charge in [-0.2, -0.15) is 0 Å². The predicted octanol–water partition coefficient (Wildman–Crippen LogP) is 2.78.